The molecule has 1 aliphatic carbocycles. The number of methoxy groups -OCH3 is 1. The molecule has 0 bridgehead atoms. The van der Waals surface area contributed by atoms with Crippen molar-refractivity contribution in [3.8, 4) is 17.6 Å². The molecule has 1 atom stereocenters. The fourth-order valence-electron chi connectivity index (χ4n) is 3.49. The van der Waals surface area contributed by atoms with E-state index >= 15 is 0 Å². The summed E-state index contributed by atoms with van der Waals surface area (Å²) in [6.07, 6.45) is 3.17. The number of nitriles is 1. The lowest BCUT2D eigenvalue weighted by Crippen LogP contribution is -2.53. The number of nitrogens with zero attached hydrogens (tertiary/aromatic N) is 2. The molecule has 7 nitrogen and oxygen atoms in total. The van der Waals surface area contributed by atoms with E-state index in [2.05, 4.69) is 6.07 Å². The minimum atomic E-state index is -0.998. The van der Waals surface area contributed by atoms with Gasteiger partial charge in [-0.25, -0.2) is 4.79 Å². The summed E-state index contributed by atoms with van der Waals surface area (Å²) >= 11 is 0. The third-order valence-electron chi connectivity index (χ3n) is 5.19. The van der Waals surface area contributed by atoms with Crippen molar-refractivity contribution >= 4 is 11.9 Å². The van der Waals surface area contributed by atoms with E-state index in [0.29, 0.717) is 30.9 Å². The second-order valence-corrected chi connectivity index (χ2v) is 6.95. The summed E-state index contributed by atoms with van der Waals surface area (Å²) in [5, 5.41) is 9.66. The molecule has 0 heterocycles. The van der Waals surface area contributed by atoms with Crippen molar-refractivity contribution in [1.82, 2.24) is 4.90 Å². The zero-order valence-electron chi connectivity index (χ0n) is 17.0. The Balaban J connectivity index is 2.10. The smallest absolute Gasteiger partial charge is 0.339 e. The van der Waals surface area contributed by atoms with Gasteiger partial charge in [-0.1, -0.05) is 19.3 Å². The van der Waals surface area contributed by atoms with Crippen molar-refractivity contribution in [2.75, 3.05) is 20.8 Å². The summed E-state index contributed by atoms with van der Waals surface area (Å²) in [6.45, 7) is 3.78. The van der Waals surface area contributed by atoms with Crippen molar-refractivity contribution in [2.24, 2.45) is 0 Å². The first-order valence-corrected chi connectivity index (χ1v) is 9.59. The van der Waals surface area contributed by atoms with Gasteiger partial charge in [0, 0.05) is 7.05 Å². The molecule has 0 aliphatic heterocycles. The molecule has 1 amide bonds. The molecule has 28 heavy (non-hydrogen) atoms. The number of likely N-dealkylation sites (N-methyl/N-ethyl adjacent to an activating group) is 1. The van der Waals surface area contributed by atoms with Gasteiger partial charge in [-0.05, 0) is 44.9 Å². The average Bonchev–Trinajstić information content (AvgIpc) is 2.73. The van der Waals surface area contributed by atoms with Crippen LogP contribution in [0.2, 0.25) is 0 Å². The molecule has 1 aromatic rings. The zero-order valence-corrected chi connectivity index (χ0v) is 17.0. The van der Waals surface area contributed by atoms with Gasteiger partial charge in [0.05, 0.1) is 25.3 Å². The van der Waals surface area contributed by atoms with Crippen LogP contribution in [0.1, 0.15) is 56.3 Å². The molecule has 0 radical (unpaired) electrons. The summed E-state index contributed by atoms with van der Waals surface area (Å²) in [5.41, 5.74) is -0.558. The average molecular weight is 388 g/mol. The number of hydrogen-bond acceptors (Lipinski definition) is 6. The van der Waals surface area contributed by atoms with E-state index in [-0.39, 0.29) is 11.5 Å². The van der Waals surface area contributed by atoms with Gasteiger partial charge in [-0.2, -0.15) is 5.26 Å². The van der Waals surface area contributed by atoms with E-state index < -0.39 is 17.6 Å². The second-order valence-electron chi connectivity index (χ2n) is 6.95. The minimum absolute atomic E-state index is 0.263. The van der Waals surface area contributed by atoms with E-state index in [1.54, 1.807) is 19.2 Å². The predicted molar refractivity (Wildman–Crippen MR) is 103 cm³/mol. The van der Waals surface area contributed by atoms with Crippen molar-refractivity contribution in [3.63, 3.8) is 0 Å². The number of hydrogen-bond donors (Lipinski definition) is 0. The van der Waals surface area contributed by atoms with Crippen molar-refractivity contribution in [1.29, 1.82) is 5.26 Å². The Morgan fingerprint density at radius 3 is 2.50 bits per heavy atom. The van der Waals surface area contributed by atoms with Gasteiger partial charge < -0.3 is 19.1 Å². The quantitative estimate of drug-likeness (QED) is 0.666. The molecular formula is C21H28N2O5. The monoisotopic (exact) mass is 388 g/mol. The lowest BCUT2D eigenvalue weighted by molar-refractivity contribution is -0.143. The highest BCUT2D eigenvalue weighted by Gasteiger charge is 2.40. The van der Waals surface area contributed by atoms with Crippen LogP contribution in [0.5, 0.6) is 11.5 Å². The number of carbonyl (C=O) groups excluding carboxylic acids is 2. The predicted octanol–water partition coefficient (Wildman–Crippen LogP) is 3.32. The molecule has 7 heteroatoms. The van der Waals surface area contributed by atoms with E-state index in [9.17, 15) is 14.9 Å². The molecule has 1 fully saturated rings. The number of rotatable bonds is 7. The Labute approximate surface area is 166 Å². The number of ether oxygens (including phenoxy) is 3. The number of amides is 1. The highest BCUT2D eigenvalue weighted by molar-refractivity contribution is 5.93. The van der Waals surface area contributed by atoms with E-state index in [4.69, 9.17) is 14.2 Å². The van der Waals surface area contributed by atoms with Crippen LogP contribution in [-0.2, 0) is 9.53 Å². The van der Waals surface area contributed by atoms with Crippen LogP contribution in [0.15, 0.2) is 18.2 Å². The fourth-order valence-corrected chi connectivity index (χ4v) is 3.49. The first kappa shape index (κ1) is 21.5. The topological polar surface area (TPSA) is 88.9 Å². The maximum absolute atomic E-state index is 12.8. The third kappa shape index (κ3) is 4.56. The summed E-state index contributed by atoms with van der Waals surface area (Å²) in [4.78, 5) is 26.8. The van der Waals surface area contributed by atoms with Crippen LogP contribution in [0.25, 0.3) is 0 Å². The molecule has 1 aliphatic rings. The molecule has 152 valence electrons. The van der Waals surface area contributed by atoms with Crippen LogP contribution in [0, 0.1) is 11.3 Å². The fraction of sp³-hybridized carbons (Fsp3) is 0.571. The Kier molecular flexibility index (Phi) is 7.27. The van der Waals surface area contributed by atoms with Gasteiger partial charge >= 0.3 is 5.97 Å². The van der Waals surface area contributed by atoms with Crippen molar-refractivity contribution < 1.29 is 23.8 Å². The van der Waals surface area contributed by atoms with Crippen molar-refractivity contribution in [2.45, 2.75) is 57.6 Å². The maximum Gasteiger partial charge on any atom is 0.339 e. The molecule has 0 aromatic heterocycles. The van der Waals surface area contributed by atoms with Gasteiger partial charge in [0.25, 0.3) is 5.91 Å². The van der Waals surface area contributed by atoms with Gasteiger partial charge in [0.1, 0.15) is 5.54 Å². The van der Waals surface area contributed by atoms with Crippen LogP contribution >= 0.6 is 0 Å². The van der Waals surface area contributed by atoms with E-state index in [1.807, 2.05) is 6.92 Å². The first-order chi connectivity index (χ1) is 13.4. The molecule has 0 saturated heterocycles. The summed E-state index contributed by atoms with van der Waals surface area (Å²) < 4.78 is 16.0. The zero-order chi connectivity index (χ0) is 20.7. The van der Waals surface area contributed by atoms with Crippen molar-refractivity contribution in [3.05, 3.63) is 23.8 Å². The SMILES string of the molecule is CCOc1cc(C(=O)O[C@H](C)C(=O)N(C)C2(C#N)CCCCC2)ccc1OC. The number of benzene rings is 1. The van der Waals surface area contributed by atoms with Gasteiger partial charge in [-0.3, -0.25) is 4.79 Å². The van der Waals surface area contributed by atoms with E-state index in [0.717, 1.165) is 19.3 Å². The highest BCUT2D eigenvalue weighted by atomic mass is 16.5. The van der Waals surface area contributed by atoms with Crippen LogP contribution < -0.4 is 9.47 Å². The maximum atomic E-state index is 12.8. The summed E-state index contributed by atoms with van der Waals surface area (Å²) in [6, 6.07) is 7.01. The number of carbonyl (C=O) groups is 2. The Hall–Kier alpha value is -2.75. The van der Waals surface area contributed by atoms with Crippen LogP contribution in [0.4, 0.5) is 0 Å². The molecule has 2 rings (SSSR count). The van der Waals surface area contributed by atoms with Crippen LogP contribution in [-0.4, -0.2) is 49.2 Å². The second kappa shape index (κ2) is 9.45. The normalized spacial score (nSPS) is 16.4. The van der Waals surface area contributed by atoms with E-state index in [1.165, 1.54) is 25.0 Å². The molecule has 1 aromatic carbocycles. The molecule has 1 saturated carbocycles. The highest BCUT2D eigenvalue weighted by Crippen LogP contribution is 2.33. The molecule has 0 N–H and O–H groups in total. The standard InChI is InChI=1S/C21H28N2O5/c1-5-27-18-13-16(9-10-17(18)26-4)20(25)28-15(2)19(24)23(3)21(14-22)11-7-6-8-12-21/h9-10,13,15H,5-8,11-12H2,1-4H3/t15-/m1/s1. The Morgan fingerprint density at radius 1 is 1.25 bits per heavy atom. The third-order valence-corrected chi connectivity index (χ3v) is 5.19. The minimum Gasteiger partial charge on any atom is -0.493 e. The molecule has 0 unspecified atom stereocenters. The summed E-state index contributed by atoms with van der Waals surface area (Å²) in [7, 11) is 3.13. The lowest BCUT2D eigenvalue weighted by Gasteiger charge is -2.39. The van der Waals surface area contributed by atoms with Crippen LogP contribution in [0.3, 0.4) is 0 Å². The Morgan fingerprint density at radius 2 is 1.93 bits per heavy atom. The van der Waals surface area contributed by atoms with Gasteiger partial charge in [0.2, 0.25) is 0 Å². The number of esters is 1. The molecular weight excluding hydrogens is 360 g/mol. The summed E-state index contributed by atoms with van der Waals surface area (Å²) in [5.74, 6) is -0.0699. The Bertz CT molecular complexity index is 750. The first-order valence-electron chi connectivity index (χ1n) is 9.59. The van der Waals surface area contributed by atoms with Gasteiger partial charge in [-0.15, -0.1) is 0 Å². The molecule has 0 spiro atoms. The van der Waals surface area contributed by atoms with Gasteiger partial charge in [0.15, 0.2) is 17.6 Å². The lowest BCUT2D eigenvalue weighted by atomic mass is 9.81. The largest absolute Gasteiger partial charge is 0.493 e.